The molecule has 286 valence electrons. The van der Waals surface area contributed by atoms with Crippen LogP contribution >= 0.6 is 0 Å². The standard InChI is InChI=1S/C42H38N4O10/c1-19(2)31-27-13-21(5)33(39(49)35(27)29(37(47)41(31)51)17-43-23-9-7-11-25(15-23)45(53)54)34-22(6)14-28-32(20(3)4)42(52)38(48)30(36(28)40(34)50)18-44-24-10-8-12-26(16-24)46(55)56/h7-20,47-52H,1-6H3. The molecule has 6 rings (SSSR count). The molecule has 0 atom stereocenters. The normalized spacial score (nSPS) is 11.9. The SMILES string of the molecule is Cc1cc2c(C(C)C)c(O)c(O)c(C=Nc3cccc([N+](=O)[O-])c3)c2c(O)c1-c1c(C)cc2c(C(C)C)c(O)c(O)c(C=Nc3cccc([N+](=O)[O-])c3)c2c1O. The molecule has 6 aromatic carbocycles. The zero-order chi connectivity index (χ0) is 40.9. The second-order valence-corrected chi connectivity index (χ2v) is 14.1. The number of aryl methyl sites for hydroxylation is 2. The maximum atomic E-state index is 12.3. The van der Waals surface area contributed by atoms with Gasteiger partial charge in [-0.05, 0) is 59.7 Å². The molecule has 0 unspecified atom stereocenters. The van der Waals surface area contributed by atoms with Crippen LogP contribution in [0.25, 0.3) is 32.7 Å². The highest BCUT2D eigenvalue weighted by molar-refractivity contribution is 6.15. The molecule has 0 saturated carbocycles. The van der Waals surface area contributed by atoms with Crippen LogP contribution in [-0.2, 0) is 0 Å². The summed E-state index contributed by atoms with van der Waals surface area (Å²) in [5, 5.41) is 93.7. The van der Waals surface area contributed by atoms with Crippen LogP contribution in [0.15, 0.2) is 70.6 Å². The summed E-state index contributed by atoms with van der Waals surface area (Å²) in [7, 11) is 0. The van der Waals surface area contributed by atoms with E-state index >= 15 is 0 Å². The van der Waals surface area contributed by atoms with Gasteiger partial charge in [-0.25, -0.2) is 0 Å². The number of rotatable bonds is 9. The molecule has 0 fully saturated rings. The monoisotopic (exact) mass is 758 g/mol. The van der Waals surface area contributed by atoms with Crippen LogP contribution < -0.4 is 0 Å². The summed E-state index contributed by atoms with van der Waals surface area (Å²) in [4.78, 5) is 30.3. The number of aliphatic imine (C=N–C) groups is 2. The van der Waals surface area contributed by atoms with Crippen molar-refractivity contribution in [2.24, 2.45) is 9.98 Å². The van der Waals surface area contributed by atoms with Crippen molar-refractivity contribution in [2.75, 3.05) is 0 Å². The van der Waals surface area contributed by atoms with Crippen molar-refractivity contribution in [3.8, 4) is 45.6 Å². The molecule has 6 aromatic rings. The number of nitrogens with zero attached hydrogens (tertiary/aromatic N) is 4. The number of phenolic OH excluding ortho intramolecular Hbond substituents is 6. The van der Waals surface area contributed by atoms with Gasteiger partial charge in [0.2, 0.25) is 0 Å². The first kappa shape index (κ1) is 38.5. The second kappa shape index (κ2) is 14.5. The molecule has 0 amide bonds. The minimum Gasteiger partial charge on any atom is -0.507 e. The molecule has 0 spiro atoms. The van der Waals surface area contributed by atoms with Crippen molar-refractivity contribution >= 4 is 56.7 Å². The highest BCUT2D eigenvalue weighted by Gasteiger charge is 2.29. The number of phenols is 6. The number of fused-ring (bicyclic) bond motifs is 2. The molecule has 0 bridgehead atoms. The van der Waals surface area contributed by atoms with Crippen molar-refractivity contribution < 1.29 is 40.5 Å². The number of non-ortho nitro benzene ring substituents is 2. The maximum absolute atomic E-state index is 12.3. The number of hydrogen-bond donors (Lipinski definition) is 6. The van der Waals surface area contributed by atoms with Gasteiger partial charge in [-0.1, -0.05) is 52.0 Å². The lowest BCUT2D eigenvalue weighted by Crippen LogP contribution is -2.01. The van der Waals surface area contributed by atoms with E-state index in [9.17, 15) is 50.9 Å². The van der Waals surface area contributed by atoms with Gasteiger partial charge < -0.3 is 30.6 Å². The van der Waals surface area contributed by atoms with Gasteiger partial charge in [0.05, 0.1) is 32.3 Å². The van der Waals surface area contributed by atoms with Crippen molar-refractivity contribution in [3.63, 3.8) is 0 Å². The number of aromatic hydroxyl groups is 6. The zero-order valence-electron chi connectivity index (χ0n) is 31.2. The molecule has 0 aliphatic rings. The van der Waals surface area contributed by atoms with Gasteiger partial charge in [-0.15, -0.1) is 0 Å². The Balaban J connectivity index is 1.70. The fraction of sp³-hybridized carbons (Fsp3) is 0.190. The minimum atomic E-state index is -0.596. The number of nitro groups is 2. The quantitative estimate of drug-likeness (QED) is 0.0353. The molecule has 0 heterocycles. The summed E-state index contributed by atoms with van der Waals surface area (Å²) in [6.45, 7) is 10.6. The van der Waals surface area contributed by atoms with E-state index in [4.69, 9.17) is 0 Å². The predicted octanol–water partition coefficient (Wildman–Crippen LogP) is 10.1. The van der Waals surface area contributed by atoms with Gasteiger partial charge in [-0.2, -0.15) is 0 Å². The molecule has 6 N–H and O–H groups in total. The van der Waals surface area contributed by atoms with E-state index in [0.29, 0.717) is 33.0 Å². The Morgan fingerprint density at radius 3 is 1.23 bits per heavy atom. The fourth-order valence-corrected chi connectivity index (χ4v) is 7.28. The maximum Gasteiger partial charge on any atom is 0.271 e. The summed E-state index contributed by atoms with van der Waals surface area (Å²) in [5.74, 6) is -3.54. The van der Waals surface area contributed by atoms with Crippen molar-refractivity contribution in [3.05, 3.63) is 114 Å². The minimum absolute atomic E-state index is 0.0709. The molecule has 14 heteroatoms. The van der Waals surface area contributed by atoms with Crippen LogP contribution in [0.2, 0.25) is 0 Å². The largest absolute Gasteiger partial charge is 0.507 e. The first-order valence-electron chi connectivity index (χ1n) is 17.5. The van der Waals surface area contributed by atoms with Gasteiger partial charge in [-0.3, -0.25) is 30.2 Å². The van der Waals surface area contributed by atoms with Crippen LogP contribution in [0, 0.1) is 34.1 Å². The average molecular weight is 759 g/mol. The predicted molar refractivity (Wildman–Crippen MR) is 215 cm³/mol. The number of benzene rings is 6. The lowest BCUT2D eigenvalue weighted by molar-refractivity contribution is -0.385. The molecule has 56 heavy (non-hydrogen) atoms. The smallest absolute Gasteiger partial charge is 0.271 e. The summed E-state index contributed by atoms with van der Waals surface area (Å²) < 4.78 is 0. The first-order valence-corrected chi connectivity index (χ1v) is 17.5. The Bertz CT molecular complexity index is 2520. The summed E-state index contributed by atoms with van der Waals surface area (Å²) in [5.41, 5.74) is 1.55. The van der Waals surface area contributed by atoms with Gasteiger partial charge >= 0.3 is 0 Å². The molecular formula is C42H38N4O10. The second-order valence-electron chi connectivity index (χ2n) is 14.1. The van der Waals surface area contributed by atoms with Gasteiger partial charge in [0.15, 0.2) is 23.0 Å². The third kappa shape index (κ3) is 6.50. The van der Waals surface area contributed by atoms with Crippen molar-refractivity contribution in [1.29, 1.82) is 0 Å². The van der Waals surface area contributed by atoms with E-state index < -0.39 is 44.3 Å². The van der Waals surface area contributed by atoms with Gasteiger partial charge in [0, 0.05) is 69.7 Å². The molecule has 0 saturated heterocycles. The van der Waals surface area contributed by atoms with Crippen LogP contribution in [0.1, 0.15) is 72.9 Å². The van der Waals surface area contributed by atoms with E-state index in [2.05, 4.69) is 9.98 Å². The average Bonchev–Trinajstić information content (AvgIpc) is 3.13. The molecule has 14 nitrogen and oxygen atoms in total. The van der Waals surface area contributed by atoms with E-state index in [1.807, 2.05) is 0 Å². The number of hydrogen-bond acceptors (Lipinski definition) is 12. The van der Waals surface area contributed by atoms with E-state index in [0.717, 1.165) is 0 Å². The van der Waals surface area contributed by atoms with Crippen LogP contribution in [0.5, 0.6) is 34.5 Å². The van der Waals surface area contributed by atoms with Crippen LogP contribution in [-0.4, -0.2) is 52.9 Å². The fourth-order valence-electron chi connectivity index (χ4n) is 7.28. The molecular weight excluding hydrogens is 720 g/mol. The Hall–Kier alpha value is -7.22. The van der Waals surface area contributed by atoms with E-state index in [1.165, 1.54) is 61.0 Å². The van der Waals surface area contributed by atoms with Gasteiger partial charge in [0.1, 0.15) is 11.5 Å². The third-order valence-corrected chi connectivity index (χ3v) is 9.76. The zero-order valence-corrected chi connectivity index (χ0v) is 31.2. The van der Waals surface area contributed by atoms with Gasteiger partial charge in [0.25, 0.3) is 11.4 Å². The van der Waals surface area contributed by atoms with Crippen molar-refractivity contribution in [2.45, 2.75) is 53.4 Å². The lowest BCUT2D eigenvalue weighted by Gasteiger charge is -2.23. The molecule has 0 aliphatic carbocycles. The molecule has 0 radical (unpaired) electrons. The summed E-state index contributed by atoms with van der Waals surface area (Å²) in [6, 6.07) is 14.3. The Morgan fingerprint density at radius 1 is 0.554 bits per heavy atom. The summed E-state index contributed by atoms with van der Waals surface area (Å²) in [6.07, 6.45) is 2.37. The lowest BCUT2D eigenvalue weighted by atomic mass is 9.83. The highest BCUT2D eigenvalue weighted by Crippen LogP contribution is 2.54. The number of nitro benzene ring substituents is 2. The van der Waals surface area contributed by atoms with Crippen molar-refractivity contribution in [1.82, 2.24) is 0 Å². The molecule has 0 aromatic heterocycles. The van der Waals surface area contributed by atoms with Crippen LogP contribution in [0.4, 0.5) is 22.7 Å². The third-order valence-electron chi connectivity index (χ3n) is 9.76. The Morgan fingerprint density at radius 2 is 0.911 bits per heavy atom. The van der Waals surface area contributed by atoms with E-state index in [-0.39, 0.29) is 67.6 Å². The van der Waals surface area contributed by atoms with E-state index in [1.54, 1.807) is 53.7 Å². The molecule has 0 aliphatic heterocycles. The highest BCUT2D eigenvalue weighted by atomic mass is 16.6. The Kier molecular flexibility index (Phi) is 10.0. The summed E-state index contributed by atoms with van der Waals surface area (Å²) >= 11 is 0. The van der Waals surface area contributed by atoms with Crippen LogP contribution in [0.3, 0.4) is 0 Å². The topological polar surface area (TPSA) is 232 Å². The first-order chi connectivity index (χ1) is 26.4. The Labute approximate surface area is 319 Å².